The molecule has 0 N–H and O–H groups in total. The van der Waals surface area contributed by atoms with Crippen molar-refractivity contribution >= 4 is 17.8 Å². The van der Waals surface area contributed by atoms with E-state index in [0.29, 0.717) is 11.6 Å². The Labute approximate surface area is 131 Å². The first kappa shape index (κ1) is 15.4. The van der Waals surface area contributed by atoms with Gasteiger partial charge in [0.1, 0.15) is 6.54 Å². The van der Waals surface area contributed by atoms with Gasteiger partial charge in [0.05, 0.1) is 0 Å². The number of hydrogen-bond acceptors (Lipinski definition) is 1. The minimum absolute atomic E-state index is 0.470. The number of rotatable bonds is 2. The Balaban J connectivity index is 2.05. The van der Waals surface area contributed by atoms with E-state index in [1.165, 1.54) is 16.7 Å². The van der Waals surface area contributed by atoms with Crippen molar-refractivity contribution in [2.45, 2.75) is 20.8 Å². The first-order valence-electron chi connectivity index (χ1n) is 6.89. The van der Waals surface area contributed by atoms with Gasteiger partial charge in [0, 0.05) is 22.4 Å². The van der Waals surface area contributed by atoms with Crippen LogP contribution in [-0.4, -0.2) is 12.8 Å². The van der Waals surface area contributed by atoms with E-state index in [4.69, 9.17) is 11.6 Å². The third kappa shape index (κ3) is 4.21. The van der Waals surface area contributed by atoms with Gasteiger partial charge in [-0.3, -0.25) is 4.99 Å². The average Bonchev–Trinajstić information content (AvgIpc) is 2.45. The molecule has 0 amide bonds. The van der Waals surface area contributed by atoms with E-state index in [1.807, 2.05) is 24.3 Å². The third-order valence-corrected chi connectivity index (χ3v) is 3.71. The summed E-state index contributed by atoms with van der Waals surface area (Å²) in [6.45, 7) is 6.78. The van der Waals surface area contributed by atoms with Crippen molar-refractivity contribution in [3.05, 3.63) is 69.2 Å². The molecular weight excluding hydrogens is 278 g/mol. The molecule has 0 saturated carbocycles. The topological polar surface area (TPSA) is 12.4 Å². The lowest BCUT2D eigenvalue weighted by atomic mass is 10.0. The van der Waals surface area contributed by atoms with E-state index in [-0.39, 0.29) is 0 Å². The van der Waals surface area contributed by atoms with Crippen LogP contribution in [0.3, 0.4) is 0 Å². The van der Waals surface area contributed by atoms with Crippen molar-refractivity contribution in [2.75, 3.05) is 6.54 Å². The fraction of sp³-hybridized carbons (Fsp3) is 0.211. The molecule has 0 aliphatic heterocycles. The molecule has 0 saturated heterocycles. The van der Waals surface area contributed by atoms with Crippen LogP contribution in [-0.2, 0) is 0 Å². The summed E-state index contributed by atoms with van der Waals surface area (Å²) in [5.41, 5.74) is 5.77. The number of halogens is 1. The number of hydrogen-bond donors (Lipinski definition) is 0. The number of aryl methyl sites for hydroxylation is 3. The van der Waals surface area contributed by atoms with Gasteiger partial charge in [-0.15, -0.1) is 0 Å². The molecule has 0 aromatic heterocycles. The van der Waals surface area contributed by atoms with Gasteiger partial charge in [0.15, 0.2) is 0 Å². The molecular formula is C19H18ClN. The molecule has 2 heteroatoms. The van der Waals surface area contributed by atoms with Crippen molar-refractivity contribution in [3.63, 3.8) is 0 Å². The van der Waals surface area contributed by atoms with Gasteiger partial charge >= 0.3 is 0 Å². The molecule has 21 heavy (non-hydrogen) atoms. The van der Waals surface area contributed by atoms with Crippen LogP contribution >= 0.6 is 11.6 Å². The Kier molecular flexibility index (Phi) is 5.20. The van der Waals surface area contributed by atoms with Crippen LogP contribution in [0.15, 0.2) is 41.4 Å². The molecule has 0 atom stereocenters. The molecule has 0 aliphatic rings. The van der Waals surface area contributed by atoms with Gasteiger partial charge < -0.3 is 0 Å². The zero-order valence-corrected chi connectivity index (χ0v) is 13.3. The second-order valence-electron chi connectivity index (χ2n) is 5.04. The lowest BCUT2D eigenvalue weighted by molar-refractivity contribution is 1.28. The molecule has 0 aliphatic carbocycles. The largest absolute Gasteiger partial charge is 0.280 e. The Morgan fingerprint density at radius 3 is 2.52 bits per heavy atom. The van der Waals surface area contributed by atoms with Crippen molar-refractivity contribution in [2.24, 2.45) is 4.99 Å². The highest BCUT2D eigenvalue weighted by Crippen LogP contribution is 2.14. The third-order valence-electron chi connectivity index (χ3n) is 3.37. The summed E-state index contributed by atoms with van der Waals surface area (Å²) in [6.07, 6.45) is 1.77. The first-order chi connectivity index (χ1) is 10.1. The maximum atomic E-state index is 6.06. The predicted octanol–water partition coefficient (Wildman–Crippen LogP) is 4.74. The molecule has 0 heterocycles. The molecule has 106 valence electrons. The summed E-state index contributed by atoms with van der Waals surface area (Å²) in [6, 6.07) is 11.9. The first-order valence-corrected chi connectivity index (χ1v) is 7.27. The monoisotopic (exact) mass is 295 g/mol. The van der Waals surface area contributed by atoms with Gasteiger partial charge in [0.25, 0.3) is 0 Å². The van der Waals surface area contributed by atoms with Crippen LogP contribution in [0, 0.1) is 32.6 Å². The van der Waals surface area contributed by atoms with Gasteiger partial charge in [-0.05, 0) is 49.6 Å². The highest BCUT2D eigenvalue weighted by Gasteiger charge is 1.98. The molecule has 0 unspecified atom stereocenters. The molecule has 0 fully saturated rings. The summed E-state index contributed by atoms with van der Waals surface area (Å²) >= 11 is 6.06. The van der Waals surface area contributed by atoms with Crippen LogP contribution < -0.4 is 0 Å². The van der Waals surface area contributed by atoms with Crippen molar-refractivity contribution in [1.82, 2.24) is 0 Å². The van der Waals surface area contributed by atoms with Crippen LogP contribution in [0.5, 0.6) is 0 Å². The van der Waals surface area contributed by atoms with E-state index in [2.05, 4.69) is 49.7 Å². The zero-order valence-electron chi connectivity index (χ0n) is 12.6. The maximum absolute atomic E-state index is 6.06. The van der Waals surface area contributed by atoms with Gasteiger partial charge in [-0.25, -0.2) is 0 Å². The summed E-state index contributed by atoms with van der Waals surface area (Å²) in [4.78, 5) is 4.30. The number of aliphatic imine (C=N–C) groups is 1. The van der Waals surface area contributed by atoms with Crippen molar-refractivity contribution < 1.29 is 0 Å². The highest BCUT2D eigenvalue weighted by molar-refractivity contribution is 6.33. The minimum atomic E-state index is 0.470. The summed E-state index contributed by atoms with van der Waals surface area (Å²) < 4.78 is 0. The molecule has 2 rings (SSSR count). The van der Waals surface area contributed by atoms with Crippen molar-refractivity contribution in [1.29, 1.82) is 0 Å². The van der Waals surface area contributed by atoms with Crippen LogP contribution in [0.1, 0.15) is 27.8 Å². The smallest absolute Gasteiger partial charge is 0.100 e. The van der Waals surface area contributed by atoms with E-state index >= 15 is 0 Å². The number of benzene rings is 2. The summed E-state index contributed by atoms with van der Waals surface area (Å²) in [5, 5.41) is 0.708. The van der Waals surface area contributed by atoms with E-state index in [0.717, 1.165) is 11.1 Å². The standard InChI is InChI=1S/C19H18ClN/c1-14-11-16(3)17(12-15(14)2)8-6-10-21-13-18-7-4-5-9-19(18)20/h4-5,7,9,11-13H,10H2,1-3H3. The predicted molar refractivity (Wildman–Crippen MR) is 91.4 cm³/mol. The average molecular weight is 296 g/mol. The maximum Gasteiger partial charge on any atom is 0.100 e. The fourth-order valence-electron chi connectivity index (χ4n) is 2.00. The Hall–Kier alpha value is -2.04. The second-order valence-corrected chi connectivity index (χ2v) is 5.45. The Bertz CT molecular complexity index is 733. The quantitative estimate of drug-likeness (QED) is 0.561. The van der Waals surface area contributed by atoms with Crippen LogP contribution in [0.25, 0.3) is 0 Å². The van der Waals surface area contributed by atoms with E-state index < -0.39 is 0 Å². The normalized spacial score (nSPS) is 10.5. The van der Waals surface area contributed by atoms with Gasteiger partial charge in [0.2, 0.25) is 0 Å². The summed E-state index contributed by atoms with van der Waals surface area (Å²) in [5.74, 6) is 6.27. The SMILES string of the molecule is Cc1cc(C)c(C#CCN=Cc2ccccc2Cl)cc1C. The van der Waals surface area contributed by atoms with Gasteiger partial charge in [-0.1, -0.05) is 47.7 Å². The molecule has 0 spiro atoms. The molecule has 2 aromatic rings. The molecule has 0 radical (unpaired) electrons. The zero-order chi connectivity index (χ0) is 15.2. The lowest BCUT2D eigenvalue weighted by Gasteiger charge is -2.03. The van der Waals surface area contributed by atoms with Crippen LogP contribution in [0.4, 0.5) is 0 Å². The minimum Gasteiger partial charge on any atom is -0.280 e. The molecule has 2 aromatic carbocycles. The molecule has 1 nitrogen and oxygen atoms in total. The number of nitrogens with zero attached hydrogens (tertiary/aromatic N) is 1. The highest BCUT2D eigenvalue weighted by atomic mass is 35.5. The molecule has 0 bridgehead atoms. The lowest BCUT2D eigenvalue weighted by Crippen LogP contribution is -1.89. The van der Waals surface area contributed by atoms with Crippen molar-refractivity contribution in [3.8, 4) is 11.8 Å². The van der Waals surface area contributed by atoms with E-state index in [9.17, 15) is 0 Å². The summed E-state index contributed by atoms with van der Waals surface area (Å²) in [7, 11) is 0. The van der Waals surface area contributed by atoms with Gasteiger partial charge in [-0.2, -0.15) is 0 Å². The van der Waals surface area contributed by atoms with E-state index in [1.54, 1.807) is 6.21 Å². The van der Waals surface area contributed by atoms with Crippen LogP contribution in [0.2, 0.25) is 5.02 Å². The fourth-order valence-corrected chi connectivity index (χ4v) is 2.18. The second kappa shape index (κ2) is 7.11. The Morgan fingerprint density at radius 2 is 1.76 bits per heavy atom. The Morgan fingerprint density at radius 1 is 1.05 bits per heavy atom.